The summed E-state index contributed by atoms with van der Waals surface area (Å²) < 4.78 is 5.23. The smallest absolute Gasteiger partial charge is 0.407 e. The predicted molar refractivity (Wildman–Crippen MR) is 77.8 cm³/mol. The normalized spacial score (nSPS) is 30.5. The van der Waals surface area contributed by atoms with Crippen molar-refractivity contribution in [2.24, 2.45) is 16.3 Å². The van der Waals surface area contributed by atoms with Crippen LogP contribution in [0.15, 0.2) is 10.3 Å². The average molecular weight is 298 g/mol. The van der Waals surface area contributed by atoms with Crippen LogP contribution < -0.4 is 5.32 Å². The number of rotatable bonds is 3. The average Bonchev–Trinajstić information content (AvgIpc) is 2.31. The third kappa shape index (κ3) is 4.56. The van der Waals surface area contributed by atoms with E-state index in [-0.39, 0.29) is 30.2 Å². The van der Waals surface area contributed by atoms with E-state index >= 15 is 0 Å². The maximum Gasteiger partial charge on any atom is 0.407 e. The van der Waals surface area contributed by atoms with E-state index in [9.17, 15) is 9.90 Å². The molecule has 1 aliphatic carbocycles. The minimum absolute atomic E-state index is 0.131. The molecule has 0 saturated heterocycles. The van der Waals surface area contributed by atoms with Gasteiger partial charge in [-0.3, -0.25) is 5.01 Å². The second-order valence-electron chi connectivity index (χ2n) is 7.00. The predicted octanol–water partition coefficient (Wildman–Crippen LogP) is 1.72. The molecule has 1 aliphatic heterocycles. The van der Waals surface area contributed by atoms with Gasteiger partial charge in [-0.15, -0.1) is 0 Å². The Morgan fingerprint density at radius 2 is 2.10 bits per heavy atom. The van der Waals surface area contributed by atoms with Crippen LogP contribution in [-0.2, 0) is 4.74 Å². The molecule has 1 saturated carbocycles. The summed E-state index contributed by atoms with van der Waals surface area (Å²) in [6.07, 6.45) is 0.936. The second kappa shape index (κ2) is 6.17. The number of ether oxygens (including phenoxy) is 1. The van der Waals surface area contributed by atoms with Gasteiger partial charge in [0.25, 0.3) is 0 Å². The number of nitrogens with zero attached hydrogens (tertiary/aromatic N) is 3. The molecule has 1 heterocycles. The molecule has 0 unspecified atom stereocenters. The molecule has 7 nitrogen and oxygen atoms in total. The highest BCUT2D eigenvalue weighted by Gasteiger charge is 2.37. The van der Waals surface area contributed by atoms with E-state index in [2.05, 4.69) is 15.7 Å². The quantitative estimate of drug-likeness (QED) is 0.830. The number of aliphatic hydroxyl groups is 1. The molecule has 21 heavy (non-hydrogen) atoms. The minimum Gasteiger partial charge on any atom is -0.444 e. The Hall–Kier alpha value is -1.37. The number of aliphatic hydroxyl groups excluding tert-OH is 1. The van der Waals surface area contributed by atoms with E-state index in [1.807, 2.05) is 25.8 Å². The first-order chi connectivity index (χ1) is 9.74. The topological polar surface area (TPSA) is 86.5 Å². The van der Waals surface area contributed by atoms with Crippen molar-refractivity contribution in [2.75, 3.05) is 13.1 Å². The fourth-order valence-electron chi connectivity index (χ4n) is 2.51. The van der Waals surface area contributed by atoms with Crippen LogP contribution in [0.5, 0.6) is 0 Å². The molecule has 0 bridgehead atoms. The van der Waals surface area contributed by atoms with Crippen LogP contribution in [0.1, 0.15) is 40.5 Å². The van der Waals surface area contributed by atoms with Gasteiger partial charge in [0.05, 0.1) is 18.7 Å². The number of alkyl carbamates (subject to hydrolysis) is 1. The lowest BCUT2D eigenvalue weighted by molar-refractivity contribution is 0.0166. The molecule has 1 fully saturated rings. The Bertz CT molecular complexity index is 400. The van der Waals surface area contributed by atoms with Gasteiger partial charge in [0.15, 0.2) is 0 Å². The fraction of sp³-hybridized carbons (Fsp3) is 0.929. The van der Waals surface area contributed by atoms with Crippen LogP contribution in [-0.4, -0.2) is 53.1 Å². The van der Waals surface area contributed by atoms with Crippen molar-refractivity contribution in [3.05, 3.63) is 0 Å². The lowest BCUT2D eigenvalue weighted by Crippen LogP contribution is -2.55. The van der Waals surface area contributed by atoms with Crippen molar-refractivity contribution in [2.45, 2.75) is 64.3 Å². The molecule has 7 heteroatoms. The highest BCUT2D eigenvalue weighted by molar-refractivity contribution is 5.68. The standard InChI is InChI=1S/C14H26N4O3/c1-9(19)10-7-15-17-18(8-10)12-5-11(6-12)16-13(20)21-14(2,3)4/h9-12,19H,5-8H2,1-4H3,(H,16,20)/t9-,10-,11?,12?/m1/s1. The first-order valence-corrected chi connectivity index (χ1v) is 7.56. The van der Waals surface area contributed by atoms with Gasteiger partial charge in [0.1, 0.15) is 5.60 Å². The van der Waals surface area contributed by atoms with Gasteiger partial charge in [-0.2, -0.15) is 5.11 Å². The maximum absolute atomic E-state index is 11.7. The van der Waals surface area contributed by atoms with Crippen LogP contribution in [0.25, 0.3) is 0 Å². The first-order valence-electron chi connectivity index (χ1n) is 7.56. The van der Waals surface area contributed by atoms with Gasteiger partial charge in [0, 0.05) is 18.5 Å². The zero-order chi connectivity index (χ0) is 15.6. The summed E-state index contributed by atoms with van der Waals surface area (Å²) in [6, 6.07) is 0.419. The summed E-state index contributed by atoms with van der Waals surface area (Å²) in [5.41, 5.74) is -0.473. The second-order valence-corrected chi connectivity index (χ2v) is 7.00. The Labute approximate surface area is 125 Å². The summed E-state index contributed by atoms with van der Waals surface area (Å²) in [6.45, 7) is 8.64. The highest BCUT2D eigenvalue weighted by atomic mass is 16.6. The molecule has 2 aliphatic rings. The van der Waals surface area contributed by atoms with Gasteiger partial charge in [-0.05, 0) is 40.5 Å². The molecule has 0 spiro atoms. The molecule has 0 aromatic rings. The fourth-order valence-corrected chi connectivity index (χ4v) is 2.51. The zero-order valence-electron chi connectivity index (χ0n) is 13.2. The Balaban J connectivity index is 1.73. The largest absolute Gasteiger partial charge is 0.444 e. The molecule has 0 aromatic heterocycles. The maximum atomic E-state index is 11.7. The third-order valence-electron chi connectivity index (χ3n) is 3.85. The summed E-state index contributed by atoms with van der Waals surface area (Å²) >= 11 is 0. The summed E-state index contributed by atoms with van der Waals surface area (Å²) in [4.78, 5) is 11.7. The van der Waals surface area contributed by atoms with Gasteiger partial charge in [-0.1, -0.05) is 5.22 Å². The van der Waals surface area contributed by atoms with Gasteiger partial charge < -0.3 is 15.2 Å². The van der Waals surface area contributed by atoms with Crippen LogP contribution in [0.2, 0.25) is 0 Å². The first kappa shape index (κ1) is 16.0. The molecule has 0 aromatic carbocycles. The molecule has 120 valence electrons. The van der Waals surface area contributed by atoms with Crippen LogP contribution >= 0.6 is 0 Å². The number of nitrogens with one attached hydrogen (secondary N) is 1. The summed E-state index contributed by atoms with van der Waals surface area (Å²) in [5, 5.41) is 22.7. The molecular weight excluding hydrogens is 272 g/mol. The molecule has 0 radical (unpaired) electrons. The zero-order valence-corrected chi connectivity index (χ0v) is 13.2. The van der Waals surface area contributed by atoms with Crippen molar-refractivity contribution in [1.82, 2.24) is 10.3 Å². The van der Waals surface area contributed by atoms with Crippen molar-refractivity contribution < 1.29 is 14.6 Å². The van der Waals surface area contributed by atoms with Crippen LogP contribution in [0.3, 0.4) is 0 Å². The number of carbonyl (C=O) groups excluding carboxylic acids is 1. The molecule has 1 amide bonds. The summed E-state index contributed by atoms with van der Waals surface area (Å²) in [5.74, 6) is 0.139. The van der Waals surface area contributed by atoms with Crippen molar-refractivity contribution in [1.29, 1.82) is 0 Å². The van der Waals surface area contributed by atoms with Crippen LogP contribution in [0.4, 0.5) is 4.79 Å². The lowest BCUT2D eigenvalue weighted by atomic mass is 9.85. The van der Waals surface area contributed by atoms with Gasteiger partial charge in [-0.25, -0.2) is 4.79 Å². The molecule has 2 atom stereocenters. The van der Waals surface area contributed by atoms with E-state index < -0.39 is 5.60 Å². The molecule has 2 N–H and O–H groups in total. The van der Waals surface area contributed by atoms with E-state index in [0.29, 0.717) is 6.54 Å². The van der Waals surface area contributed by atoms with Crippen LogP contribution in [0, 0.1) is 5.92 Å². The third-order valence-corrected chi connectivity index (χ3v) is 3.85. The highest BCUT2D eigenvalue weighted by Crippen LogP contribution is 2.29. The van der Waals surface area contributed by atoms with Crippen molar-refractivity contribution >= 4 is 6.09 Å². The Morgan fingerprint density at radius 3 is 2.67 bits per heavy atom. The van der Waals surface area contributed by atoms with Crippen molar-refractivity contribution in [3.8, 4) is 0 Å². The number of hydrogen-bond acceptors (Lipinski definition) is 6. The number of amides is 1. The van der Waals surface area contributed by atoms with E-state index in [1.54, 1.807) is 6.92 Å². The molecule has 2 rings (SSSR count). The summed E-state index contributed by atoms with van der Waals surface area (Å²) in [7, 11) is 0. The Morgan fingerprint density at radius 1 is 1.43 bits per heavy atom. The SMILES string of the molecule is C[C@@H](O)[C@@H]1CN=NN(C2CC(NC(=O)OC(C)(C)C)C2)C1. The number of hydrogen-bond donors (Lipinski definition) is 2. The van der Waals surface area contributed by atoms with E-state index in [4.69, 9.17) is 4.74 Å². The van der Waals surface area contributed by atoms with Crippen molar-refractivity contribution in [3.63, 3.8) is 0 Å². The van der Waals surface area contributed by atoms with Gasteiger partial charge in [0.2, 0.25) is 0 Å². The Kier molecular flexibility index (Phi) is 4.70. The monoisotopic (exact) mass is 298 g/mol. The number of carbonyl (C=O) groups is 1. The van der Waals surface area contributed by atoms with E-state index in [1.165, 1.54) is 0 Å². The van der Waals surface area contributed by atoms with E-state index in [0.717, 1.165) is 19.4 Å². The minimum atomic E-state index is -0.473. The lowest BCUT2D eigenvalue weighted by Gasteiger charge is -2.43. The van der Waals surface area contributed by atoms with Gasteiger partial charge >= 0.3 is 6.09 Å². The molecular formula is C14H26N4O3.